The number of carbonyl (C=O) groups excluding carboxylic acids is 1. The topological polar surface area (TPSA) is 104 Å². The summed E-state index contributed by atoms with van der Waals surface area (Å²) in [7, 11) is -4.32. The molecule has 0 aromatic heterocycles. The van der Waals surface area contributed by atoms with E-state index in [-0.39, 0.29) is 5.91 Å². The first-order valence-corrected chi connectivity index (χ1v) is 15.5. The number of aliphatic hydroxyl groups is 1. The maximum atomic E-state index is 12.3. The van der Waals surface area contributed by atoms with Crippen LogP contribution in [0.25, 0.3) is 0 Å². The Morgan fingerprint density at radius 3 is 1.68 bits per heavy atom. The fourth-order valence-electron chi connectivity index (χ4n) is 4.09. The molecule has 0 rings (SSSR count). The van der Waals surface area contributed by atoms with Crippen LogP contribution in [0.2, 0.25) is 0 Å². The molecule has 0 spiro atoms. The number of hydrogen-bond donors (Lipinski definition) is 3. The van der Waals surface area contributed by atoms with Crippen molar-refractivity contribution in [2.24, 2.45) is 0 Å². The molecule has 3 N–H and O–H groups in total. The predicted octanol–water partition coefficient (Wildman–Crippen LogP) is 6.73. The first kappa shape index (κ1) is 33.1. The van der Waals surface area contributed by atoms with Gasteiger partial charge in [0.05, 0.1) is 17.9 Å². The lowest BCUT2D eigenvalue weighted by atomic mass is 10.0. The zero-order valence-corrected chi connectivity index (χ0v) is 22.8. The van der Waals surface area contributed by atoms with E-state index in [1.807, 2.05) is 6.08 Å². The Balaban J connectivity index is 4.09. The van der Waals surface area contributed by atoms with Crippen LogP contribution in [0, 0.1) is 0 Å². The predicted molar refractivity (Wildman–Crippen MR) is 143 cm³/mol. The minimum absolute atomic E-state index is 0.284. The van der Waals surface area contributed by atoms with Crippen LogP contribution in [0.1, 0.15) is 136 Å². The molecule has 1 amide bonds. The van der Waals surface area contributed by atoms with Crippen LogP contribution in [-0.2, 0) is 14.9 Å². The number of hydrogen-bond acceptors (Lipinski definition) is 4. The Bertz CT molecular complexity index is 606. The van der Waals surface area contributed by atoms with E-state index in [2.05, 4.69) is 19.2 Å². The van der Waals surface area contributed by atoms with Gasteiger partial charge in [0.2, 0.25) is 5.91 Å². The molecule has 0 bridgehead atoms. The number of nitrogens with one attached hydrogen (secondary N) is 1. The molecule has 202 valence electrons. The van der Waals surface area contributed by atoms with Crippen molar-refractivity contribution >= 4 is 16.0 Å². The highest BCUT2D eigenvalue weighted by Crippen LogP contribution is 2.13. The molecule has 6 nitrogen and oxygen atoms in total. The Kier molecular flexibility index (Phi) is 21.9. The minimum Gasteiger partial charge on any atom is -0.387 e. The molecule has 0 fully saturated rings. The van der Waals surface area contributed by atoms with E-state index >= 15 is 0 Å². The summed E-state index contributed by atoms with van der Waals surface area (Å²) in [4.78, 5) is 12.3. The lowest BCUT2D eigenvalue weighted by Gasteiger charge is -2.21. The lowest BCUT2D eigenvalue weighted by molar-refractivity contribution is -0.122. The van der Waals surface area contributed by atoms with E-state index in [0.29, 0.717) is 6.42 Å². The van der Waals surface area contributed by atoms with Crippen molar-refractivity contribution in [3.8, 4) is 0 Å². The third-order valence-electron chi connectivity index (χ3n) is 6.21. The minimum atomic E-state index is -4.32. The molecular weight excluding hydrogens is 450 g/mol. The third kappa shape index (κ3) is 22.9. The maximum absolute atomic E-state index is 12.3. The second-order valence-corrected chi connectivity index (χ2v) is 11.2. The van der Waals surface area contributed by atoms with Crippen molar-refractivity contribution in [2.45, 2.75) is 148 Å². The van der Waals surface area contributed by atoms with Gasteiger partial charge in [0.1, 0.15) is 0 Å². The first-order chi connectivity index (χ1) is 16.3. The number of aliphatic hydroxyl groups excluding tert-OH is 1. The quantitative estimate of drug-likeness (QED) is 0.0770. The third-order valence-corrected chi connectivity index (χ3v) is 6.99. The fraction of sp³-hybridized carbons (Fsp3) is 0.889. The Hall–Kier alpha value is -0.920. The van der Waals surface area contributed by atoms with Gasteiger partial charge in [-0.2, -0.15) is 8.42 Å². The van der Waals surface area contributed by atoms with Crippen LogP contribution >= 0.6 is 0 Å². The average Bonchev–Trinajstić information content (AvgIpc) is 2.77. The largest absolute Gasteiger partial charge is 0.387 e. The van der Waals surface area contributed by atoms with Crippen molar-refractivity contribution in [2.75, 3.05) is 5.75 Å². The van der Waals surface area contributed by atoms with Gasteiger partial charge in [0.15, 0.2) is 0 Å². The number of carbonyl (C=O) groups is 1. The van der Waals surface area contributed by atoms with Gasteiger partial charge >= 0.3 is 0 Å². The van der Waals surface area contributed by atoms with Gasteiger partial charge in [-0.1, -0.05) is 122 Å². The second-order valence-electron chi connectivity index (χ2n) is 9.68. The molecule has 0 aliphatic carbocycles. The van der Waals surface area contributed by atoms with E-state index in [4.69, 9.17) is 0 Å². The van der Waals surface area contributed by atoms with E-state index in [0.717, 1.165) is 38.5 Å². The van der Waals surface area contributed by atoms with Gasteiger partial charge in [-0.15, -0.1) is 0 Å². The van der Waals surface area contributed by atoms with Gasteiger partial charge in [0.25, 0.3) is 10.1 Å². The summed E-state index contributed by atoms with van der Waals surface area (Å²) in [6.07, 6.45) is 23.5. The fourth-order valence-corrected chi connectivity index (χ4v) is 4.83. The van der Waals surface area contributed by atoms with Gasteiger partial charge in [-0.05, 0) is 19.3 Å². The molecule has 0 aliphatic rings. The van der Waals surface area contributed by atoms with Crippen molar-refractivity contribution in [1.29, 1.82) is 0 Å². The molecule has 0 aliphatic heterocycles. The molecule has 0 aromatic rings. The highest BCUT2D eigenvalue weighted by molar-refractivity contribution is 7.85. The van der Waals surface area contributed by atoms with Crippen LogP contribution in [0.15, 0.2) is 12.2 Å². The zero-order chi connectivity index (χ0) is 25.5. The highest BCUT2D eigenvalue weighted by Gasteiger charge is 2.24. The standard InChI is InChI=1S/C27H53NO5S/c1-3-5-7-9-11-12-13-14-15-17-19-21-23-27(30)28-25(24-34(31,32)33)26(29)22-20-18-16-10-8-6-4-2/h20,22,25-26,29H,3-19,21,23-24H2,1-2H3,(H,28,30)(H,31,32,33)/b22-20+. The Labute approximate surface area is 210 Å². The van der Waals surface area contributed by atoms with E-state index in [1.54, 1.807) is 0 Å². The average molecular weight is 504 g/mol. The SMILES string of the molecule is CCCCCCC/C=C/C(O)C(CS(=O)(=O)O)NC(=O)CCCCCCCCCCCCCC. The van der Waals surface area contributed by atoms with Crippen LogP contribution in [0.3, 0.4) is 0 Å². The molecule has 0 heterocycles. The molecule has 7 heteroatoms. The summed E-state index contributed by atoms with van der Waals surface area (Å²) in [5.74, 6) is -0.980. The van der Waals surface area contributed by atoms with Crippen molar-refractivity contribution in [1.82, 2.24) is 5.32 Å². The lowest BCUT2D eigenvalue weighted by Crippen LogP contribution is -2.46. The van der Waals surface area contributed by atoms with Crippen LogP contribution in [0.4, 0.5) is 0 Å². The Morgan fingerprint density at radius 1 is 0.765 bits per heavy atom. The van der Waals surface area contributed by atoms with Gasteiger partial charge in [0, 0.05) is 6.42 Å². The molecule has 2 atom stereocenters. The van der Waals surface area contributed by atoms with E-state index in [1.165, 1.54) is 83.1 Å². The second kappa shape index (κ2) is 22.5. The van der Waals surface area contributed by atoms with Crippen molar-refractivity contribution in [3.05, 3.63) is 12.2 Å². The van der Waals surface area contributed by atoms with Crippen molar-refractivity contribution < 1.29 is 22.9 Å². The summed E-state index contributed by atoms with van der Waals surface area (Å²) >= 11 is 0. The zero-order valence-electron chi connectivity index (χ0n) is 22.0. The molecule has 2 unspecified atom stereocenters. The molecule has 0 aromatic carbocycles. The number of unbranched alkanes of at least 4 members (excludes halogenated alkanes) is 16. The monoisotopic (exact) mass is 503 g/mol. The summed E-state index contributed by atoms with van der Waals surface area (Å²) in [6, 6.07) is -1.05. The van der Waals surface area contributed by atoms with E-state index in [9.17, 15) is 22.9 Å². The number of rotatable bonds is 24. The van der Waals surface area contributed by atoms with E-state index < -0.39 is 28.0 Å². The van der Waals surface area contributed by atoms with Crippen molar-refractivity contribution in [3.63, 3.8) is 0 Å². The molecule has 0 saturated carbocycles. The molecule has 0 saturated heterocycles. The number of allylic oxidation sites excluding steroid dienone is 1. The Morgan fingerprint density at radius 2 is 1.21 bits per heavy atom. The summed E-state index contributed by atoms with van der Waals surface area (Å²) in [6.45, 7) is 4.40. The van der Waals surface area contributed by atoms with Crippen LogP contribution in [0.5, 0.6) is 0 Å². The van der Waals surface area contributed by atoms with Gasteiger partial charge in [-0.25, -0.2) is 0 Å². The normalized spacial score (nSPS) is 13.9. The van der Waals surface area contributed by atoms with Crippen LogP contribution < -0.4 is 5.32 Å². The summed E-state index contributed by atoms with van der Waals surface area (Å²) in [5, 5.41) is 13.0. The van der Waals surface area contributed by atoms with Gasteiger partial charge in [-0.3, -0.25) is 9.35 Å². The summed E-state index contributed by atoms with van der Waals surface area (Å²) < 4.78 is 31.9. The highest BCUT2D eigenvalue weighted by atomic mass is 32.2. The number of amides is 1. The van der Waals surface area contributed by atoms with Gasteiger partial charge < -0.3 is 10.4 Å². The first-order valence-electron chi connectivity index (χ1n) is 13.9. The molecular formula is C27H53NO5S. The molecule has 0 radical (unpaired) electrons. The smallest absolute Gasteiger partial charge is 0.267 e. The molecule has 34 heavy (non-hydrogen) atoms. The summed E-state index contributed by atoms with van der Waals surface area (Å²) in [5.41, 5.74) is 0. The van der Waals surface area contributed by atoms with Crippen LogP contribution in [-0.4, -0.2) is 41.9 Å². The maximum Gasteiger partial charge on any atom is 0.267 e.